The topological polar surface area (TPSA) is 100 Å². The van der Waals surface area contributed by atoms with E-state index < -0.39 is 41.4 Å². The number of nitrogens with one attached hydrogen (secondary N) is 2. The fourth-order valence-corrected chi connectivity index (χ4v) is 2.29. The minimum Gasteiger partial charge on any atom is -0.490 e. The summed E-state index contributed by atoms with van der Waals surface area (Å²) in [5.74, 6) is -1.67. The molecular formula is C17H15ClF4N2O5. The average Bonchev–Trinajstić information content (AvgIpc) is 2.63. The van der Waals surface area contributed by atoms with Gasteiger partial charge in [-0.15, -0.1) is 4.99 Å². The van der Waals surface area contributed by atoms with Gasteiger partial charge in [-0.05, 0) is 37.3 Å². The lowest BCUT2D eigenvalue weighted by Crippen LogP contribution is -2.45. The van der Waals surface area contributed by atoms with Crippen molar-refractivity contribution in [3.05, 3.63) is 52.8 Å². The van der Waals surface area contributed by atoms with Crippen LogP contribution in [0.5, 0.6) is 5.75 Å². The quantitative estimate of drug-likeness (QED) is 0.295. The highest BCUT2D eigenvalue weighted by Crippen LogP contribution is 2.36. The number of rotatable bonds is 7. The second-order valence-electron chi connectivity index (χ2n) is 6.04. The molecule has 0 aromatic heterocycles. The predicted molar refractivity (Wildman–Crippen MR) is 94.9 cm³/mol. The number of anilines is 2. The molecular weight excluding hydrogens is 424 g/mol. The molecule has 0 bridgehead atoms. The number of amides is 1. The zero-order valence-corrected chi connectivity index (χ0v) is 15.4. The van der Waals surface area contributed by atoms with Gasteiger partial charge >= 0.3 is 6.18 Å². The van der Waals surface area contributed by atoms with E-state index in [4.69, 9.17) is 21.6 Å². The largest absolute Gasteiger partial charge is 0.490 e. The van der Waals surface area contributed by atoms with Gasteiger partial charge in [0.1, 0.15) is 18.2 Å². The summed E-state index contributed by atoms with van der Waals surface area (Å²) in [4.78, 5) is 15.8. The lowest BCUT2D eigenvalue weighted by atomic mass is 10.1. The summed E-state index contributed by atoms with van der Waals surface area (Å²) >= 11 is 5.60. The van der Waals surface area contributed by atoms with Crippen LogP contribution in [-0.2, 0) is 16.0 Å². The van der Waals surface area contributed by atoms with Crippen molar-refractivity contribution in [1.82, 2.24) is 0 Å². The van der Waals surface area contributed by atoms with Crippen LogP contribution < -0.4 is 15.5 Å². The van der Waals surface area contributed by atoms with Crippen molar-refractivity contribution in [2.75, 3.05) is 17.4 Å². The van der Waals surface area contributed by atoms with E-state index in [0.717, 1.165) is 31.2 Å². The first kappa shape index (κ1) is 22.7. The summed E-state index contributed by atoms with van der Waals surface area (Å²) in [5.41, 5.74) is -2.60. The minimum atomic E-state index is -4.82. The zero-order valence-electron chi connectivity index (χ0n) is 14.7. The van der Waals surface area contributed by atoms with Gasteiger partial charge in [-0.2, -0.15) is 13.2 Å². The van der Waals surface area contributed by atoms with Crippen LogP contribution in [0.3, 0.4) is 0 Å². The number of carbonyl (C=O) groups excluding carboxylic acids is 1. The highest BCUT2D eigenvalue weighted by Gasteiger charge is 2.35. The van der Waals surface area contributed by atoms with Gasteiger partial charge in [0, 0.05) is 11.8 Å². The first-order chi connectivity index (χ1) is 13.4. The monoisotopic (exact) mass is 438 g/mol. The van der Waals surface area contributed by atoms with Gasteiger partial charge in [0.05, 0.1) is 16.3 Å². The van der Waals surface area contributed by atoms with Gasteiger partial charge in [-0.3, -0.25) is 4.79 Å². The molecule has 0 fully saturated rings. The van der Waals surface area contributed by atoms with Crippen molar-refractivity contribution in [1.29, 1.82) is 0 Å². The summed E-state index contributed by atoms with van der Waals surface area (Å²) < 4.78 is 57.6. The lowest BCUT2D eigenvalue weighted by molar-refractivity contribution is -0.216. The third kappa shape index (κ3) is 5.94. The number of hydrogen-bond acceptors (Lipinski definition) is 6. The maximum Gasteiger partial charge on any atom is 0.418 e. The fourth-order valence-electron chi connectivity index (χ4n) is 2.12. The third-order valence-electron chi connectivity index (χ3n) is 3.64. The molecule has 0 radical (unpaired) electrons. The molecule has 7 nitrogen and oxygen atoms in total. The van der Waals surface area contributed by atoms with Crippen molar-refractivity contribution in [3.8, 4) is 5.75 Å². The molecule has 1 atom stereocenters. The van der Waals surface area contributed by atoms with Gasteiger partial charge < -0.3 is 15.2 Å². The van der Waals surface area contributed by atoms with Crippen molar-refractivity contribution in [2.24, 2.45) is 0 Å². The Labute approximate surface area is 166 Å². The molecule has 0 heterocycles. The minimum absolute atomic E-state index is 0.0725. The Hall–Kier alpha value is -2.60. The van der Waals surface area contributed by atoms with E-state index in [-0.39, 0.29) is 16.5 Å². The zero-order chi connectivity index (χ0) is 21.8. The van der Waals surface area contributed by atoms with E-state index in [1.54, 1.807) is 5.48 Å². The van der Waals surface area contributed by atoms with Crippen LogP contribution in [0.15, 0.2) is 36.4 Å². The highest BCUT2D eigenvalue weighted by molar-refractivity contribution is 6.30. The van der Waals surface area contributed by atoms with Gasteiger partial charge in [0.2, 0.25) is 0 Å². The molecule has 0 unspecified atom stereocenters. The summed E-state index contributed by atoms with van der Waals surface area (Å²) in [6.07, 6.45) is -4.82. The van der Waals surface area contributed by atoms with Crippen LogP contribution in [0, 0.1) is 5.82 Å². The van der Waals surface area contributed by atoms with Crippen molar-refractivity contribution in [2.45, 2.75) is 18.7 Å². The number of benzene rings is 2. The Morgan fingerprint density at radius 3 is 2.48 bits per heavy atom. The van der Waals surface area contributed by atoms with Gasteiger partial charge in [0.25, 0.3) is 5.91 Å². The second kappa shape index (κ2) is 8.82. The molecule has 4 N–H and O–H groups in total. The Kier molecular flexibility index (Phi) is 6.90. The number of halogens is 5. The van der Waals surface area contributed by atoms with Crippen LogP contribution in [0.25, 0.3) is 0 Å². The molecule has 158 valence electrons. The van der Waals surface area contributed by atoms with E-state index in [2.05, 4.69) is 10.3 Å². The maximum absolute atomic E-state index is 13.1. The Morgan fingerprint density at radius 1 is 1.21 bits per heavy atom. The molecule has 0 aliphatic rings. The van der Waals surface area contributed by atoms with Crippen LogP contribution >= 0.6 is 11.6 Å². The van der Waals surface area contributed by atoms with Crippen molar-refractivity contribution < 1.29 is 42.4 Å². The van der Waals surface area contributed by atoms with E-state index >= 15 is 0 Å². The van der Waals surface area contributed by atoms with Gasteiger partial charge in [-0.25, -0.2) is 15.1 Å². The third-order valence-corrected chi connectivity index (χ3v) is 3.93. The molecule has 0 saturated heterocycles. The molecule has 0 saturated carbocycles. The number of aliphatic hydroxyl groups is 1. The van der Waals surface area contributed by atoms with Gasteiger partial charge in [0.15, 0.2) is 5.60 Å². The number of ether oxygens (including phenoxy) is 1. The van der Waals surface area contributed by atoms with Crippen LogP contribution in [0.1, 0.15) is 12.5 Å². The number of hydrogen-bond donors (Lipinski definition) is 4. The molecule has 29 heavy (non-hydrogen) atoms. The Balaban J connectivity index is 2.12. The smallest absolute Gasteiger partial charge is 0.418 e. The van der Waals surface area contributed by atoms with Gasteiger partial charge in [-0.1, -0.05) is 11.6 Å². The van der Waals surface area contributed by atoms with E-state index in [1.165, 1.54) is 6.07 Å². The van der Waals surface area contributed by atoms with E-state index in [0.29, 0.717) is 6.07 Å². The molecule has 2 rings (SSSR count). The summed E-state index contributed by atoms with van der Waals surface area (Å²) in [7, 11) is 0. The predicted octanol–water partition coefficient (Wildman–Crippen LogP) is 4.08. The average molecular weight is 439 g/mol. The van der Waals surface area contributed by atoms with Crippen LogP contribution in [0.2, 0.25) is 5.02 Å². The van der Waals surface area contributed by atoms with Crippen molar-refractivity contribution >= 4 is 28.9 Å². The first-order valence-corrected chi connectivity index (χ1v) is 8.21. The van der Waals surface area contributed by atoms with E-state index in [9.17, 15) is 27.5 Å². The Bertz CT molecular complexity index is 893. The molecule has 12 heteroatoms. The van der Waals surface area contributed by atoms with E-state index in [1.807, 2.05) is 0 Å². The molecule has 0 spiro atoms. The molecule has 0 aliphatic carbocycles. The van der Waals surface area contributed by atoms with Crippen LogP contribution in [-0.4, -0.2) is 28.5 Å². The van der Waals surface area contributed by atoms with Crippen LogP contribution in [0.4, 0.5) is 28.9 Å². The standard InChI is InChI=1S/C17H15ClF4N2O5/c1-16(26,8-28-10-3-4-13(19)12(18)7-10)15(25)23-9-2-5-14(24-29-27)11(6-9)17(20,21)22/h2-7,24,26-27H,8H2,1H3,(H,23,25)/t16-/m1/s1. The molecule has 0 aliphatic heterocycles. The SMILES string of the molecule is C[C@@](O)(COc1ccc(F)c(Cl)c1)C(=O)Nc1ccc(NOO)c(C(F)(F)F)c1. The highest BCUT2D eigenvalue weighted by atomic mass is 35.5. The Morgan fingerprint density at radius 2 is 1.90 bits per heavy atom. The summed E-state index contributed by atoms with van der Waals surface area (Å²) in [6.45, 7) is 0.485. The number of carbonyl (C=O) groups is 1. The molecule has 2 aromatic carbocycles. The molecule has 1 amide bonds. The normalized spacial score (nSPS) is 13.5. The van der Waals surface area contributed by atoms with Crippen molar-refractivity contribution in [3.63, 3.8) is 0 Å². The number of alkyl halides is 3. The first-order valence-electron chi connectivity index (χ1n) is 7.83. The fraction of sp³-hybridized carbons (Fsp3) is 0.235. The summed E-state index contributed by atoms with van der Waals surface area (Å²) in [6, 6.07) is 5.95. The summed E-state index contributed by atoms with van der Waals surface area (Å²) in [5, 5.41) is 20.5. The lowest BCUT2D eigenvalue weighted by Gasteiger charge is -2.23. The molecule has 2 aromatic rings. The second-order valence-corrected chi connectivity index (χ2v) is 6.45. The maximum atomic E-state index is 13.1.